The quantitative estimate of drug-likeness (QED) is 0.568. The Hall–Kier alpha value is -1.03. The Balaban J connectivity index is 0.00000261. The van der Waals surface area contributed by atoms with Gasteiger partial charge < -0.3 is 4.90 Å². The molecule has 27 heavy (non-hydrogen) atoms. The van der Waals surface area contributed by atoms with E-state index in [1.165, 1.54) is 42.0 Å². The lowest BCUT2D eigenvalue weighted by atomic mass is 9.87. The number of rotatable bonds is 5. The minimum Gasteiger partial charge on any atom is -0.303 e. The molecule has 2 aromatic carbocycles. The van der Waals surface area contributed by atoms with Crippen LogP contribution >= 0.6 is 24.2 Å². The molecule has 0 amide bonds. The van der Waals surface area contributed by atoms with E-state index >= 15 is 0 Å². The second kappa shape index (κ2) is 9.95. The number of nitrogens with zero attached hydrogens (tertiary/aromatic N) is 1. The number of halogens is 2. The van der Waals surface area contributed by atoms with Gasteiger partial charge in [0.15, 0.2) is 0 Å². The smallest absolute Gasteiger partial charge is 0.123 e. The molecule has 0 radical (unpaired) electrons. The van der Waals surface area contributed by atoms with Gasteiger partial charge in [0.05, 0.1) is 0 Å². The van der Waals surface area contributed by atoms with Gasteiger partial charge >= 0.3 is 0 Å². The molecule has 1 nitrogen and oxygen atoms in total. The summed E-state index contributed by atoms with van der Waals surface area (Å²) in [5.74, 6) is -0.151. The highest BCUT2D eigenvalue weighted by atomic mass is 35.5. The summed E-state index contributed by atoms with van der Waals surface area (Å²) in [5, 5.41) is 0.720. The molecule has 1 fully saturated rings. The van der Waals surface area contributed by atoms with Crippen molar-refractivity contribution in [3.05, 3.63) is 65.5 Å². The van der Waals surface area contributed by atoms with Crippen LogP contribution in [0.5, 0.6) is 0 Å². The Morgan fingerprint density at radius 2 is 1.56 bits per heavy atom. The third kappa shape index (κ3) is 6.81. The van der Waals surface area contributed by atoms with Crippen molar-refractivity contribution in [2.45, 2.75) is 55.6 Å². The minimum absolute atomic E-state index is 0. The maximum atomic E-state index is 13.0. The van der Waals surface area contributed by atoms with Gasteiger partial charge in [-0.3, -0.25) is 0 Å². The lowest BCUT2D eigenvalue weighted by molar-refractivity contribution is 0.235. The number of likely N-dealkylation sites (tertiary alicyclic amines) is 1. The first-order valence-corrected chi connectivity index (χ1v) is 10.5. The van der Waals surface area contributed by atoms with Gasteiger partial charge in [-0.2, -0.15) is 0 Å². The number of benzene rings is 2. The summed E-state index contributed by atoms with van der Waals surface area (Å²) < 4.78 is 13.0. The molecule has 0 aliphatic carbocycles. The molecule has 4 heteroatoms. The molecule has 3 rings (SSSR count). The van der Waals surface area contributed by atoms with Crippen LogP contribution in [0.1, 0.15) is 44.7 Å². The SMILES string of the molecule is CC(C)(C)c1ccc(SC2CCN(CCc3ccc(F)cc3)CC2)cc1.Cl. The van der Waals surface area contributed by atoms with Crippen molar-refractivity contribution in [3.8, 4) is 0 Å². The maximum absolute atomic E-state index is 13.0. The Bertz CT molecular complexity index is 686. The molecule has 1 saturated heterocycles. The van der Waals surface area contributed by atoms with E-state index in [0.29, 0.717) is 0 Å². The van der Waals surface area contributed by atoms with Crippen molar-refractivity contribution < 1.29 is 4.39 Å². The number of hydrogen-bond acceptors (Lipinski definition) is 2. The van der Waals surface area contributed by atoms with Crippen molar-refractivity contribution in [2.75, 3.05) is 19.6 Å². The highest BCUT2D eigenvalue weighted by Gasteiger charge is 2.20. The molecule has 1 aliphatic rings. The number of thioether (sulfide) groups is 1. The Morgan fingerprint density at radius 3 is 2.11 bits per heavy atom. The van der Waals surface area contributed by atoms with Crippen LogP contribution in [0.15, 0.2) is 53.4 Å². The molecular weight excluding hydrogens is 377 g/mol. The molecule has 2 aromatic rings. The Kier molecular flexibility index (Phi) is 8.20. The van der Waals surface area contributed by atoms with Crippen molar-refractivity contribution in [1.29, 1.82) is 0 Å². The first kappa shape index (κ1) is 22.3. The van der Waals surface area contributed by atoms with E-state index in [1.54, 1.807) is 12.1 Å². The Morgan fingerprint density at radius 1 is 0.963 bits per heavy atom. The second-order valence-electron chi connectivity index (χ2n) is 8.31. The monoisotopic (exact) mass is 407 g/mol. The topological polar surface area (TPSA) is 3.24 Å². The minimum atomic E-state index is -0.151. The van der Waals surface area contributed by atoms with Crippen LogP contribution in [0.2, 0.25) is 0 Å². The first-order chi connectivity index (χ1) is 12.4. The predicted octanol–water partition coefficient (Wildman–Crippen LogP) is 6.34. The zero-order valence-corrected chi connectivity index (χ0v) is 18.2. The van der Waals surface area contributed by atoms with Gasteiger partial charge in [-0.05, 0) is 73.2 Å². The summed E-state index contributed by atoms with van der Waals surface area (Å²) in [5.41, 5.74) is 2.85. The Labute approximate surface area is 174 Å². The molecule has 1 aliphatic heterocycles. The van der Waals surface area contributed by atoms with Gasteiger partial charge in [0.2, 0.25) is 0 Å². The lowest BCUT2D eigenvalue weighted by Crippen LogP contribution is -2.36. The van der Waals surface area contributed by atoms with E-state index < -0.39 is 0 Å². The molecule has 0 N–H and O–H groups in total. The van der Waals surface area contributed by atoms with Crippen LogP contribution in [0.3, 0.4) is 0 Å². The number of piperidine rings is 1. The van der Waals surface area contributed by atoms with Crippen molar-refractivity contribution >= 4 is 24.2 Å². The van der Waals surface area contributed by atoms with Gasteiger partial charge in [-0.15, -0.1) is 24.2 Å². The van der Waals surface area contributed by atoms with Crippen LogP contribution in [0.4, 0.5) is 4.39 Å². The van der Waals surface area contributed by atoms with Gasteiger partial charge in [-0.1, -0.05) is 45.0 Å². The molecule has 0 atom stereocenters. The van der Waals surface area contributed by atoms with E-state index in [2.05, 4.69) is 49.9 Å². The summed E-state index contributed by atoms with van der Waals surface area (Å²) in [7, 11) is 0. The standard InChI is InChI=1S/C23H30FNS.ClH/c1-23(2,3)19-6-10-21(11-7-19)26-22-13-16-25(17-14-22)15-12-18-4-8-20(24)9-5-18;/h4-11,22H,12-17H2,1-3H3;1H. The van der Waals surface area contributed by atoms with E-state index in [0.717, 1.165) is 18.2 Å². The summed E-state index contributed by atoms with van der Waals surface area (Å²) in [4.78, 5) is 3.94. The van der Waals surface area contributed by atoms with Gasteiger partial charge in [0, 0.05) is 16.7 Å². The zero-order valence-electron chi connectivity index (χ0n) is 16.6. The van der Waals surface area contributed by atoms with E-state index in [9.17, 15) is 4.39 Å². The second-order valence-corrected chi connectivity index (χ2v) is 9.68. The van der Waals surface area contributed by atoms with Crippen molar-refractivity contribution in [1.82, 2.24) is 4.90 Å². The summed E-state index contributed by atoms with van der Waals surface area (Å²) in [6.45, 7) is 10.2. The third-order valence-corrected chi connectivity index (χ3v) is 6.54. The molecular formula is C23H31ClFNS. The summed E-state index contributed by atoms with van der Waals surface area (Å²) >= 11 is 2.03. The first-order valence-electron chi connectivity index (χ1n) is 9.64. The summed E-state index contributed by atoms with van der Waals surface area (Å²) in [6.07, 6.45) is 3.50. The van der Waals surface area contributed by atoms with Gasteiger partial charge in [0.25, 0.3) is 0 Å². The third-order valence-electron chi connectivity index (χ3n) is 5.19. The zero-order chi connectivity index (χ0) is 18.6. The van der Waals surface area contributed by atoms with Gasteiger partial charge in [0.1, 0.15) is 5.82 Å². The fourth-order valence-electron chi connectivity index (χ4n) is 3.41. The van der Waals surface area contributed by atoms with Crippen molar-refractivity contribution in [2.24, 2.45) is 0 Å². The molecule has 0 unspecified atom stereocenters. The molecule has 1 heterocycles. The number of hydrogen-bond donors (Lipinski definition) is 0. The molecule has 0 spiro atoms. The average molecular weight is 408 g/mol. The molecule has 0 aromatic heterocycles. The van der Waals surface area contributed by atoms with Crippen molar-refractivity contribution in [3.63, 3.8) is 0 Å². The largest absolute Gasteiger partial charge is 0.303 e. The molecule has 148 valence electrons. The van der Waals surface area contributed by atoms with E-state index in [1.807, 2.05) is 23.9 Å². The highest BCUT2D eigenvalue weighted by molar-refractivity contribution is 8.00. The van der Waals surface area contributed by atoms with Crippen LogP contribution < -0.4 is 0 Å². The summed E-state index contributed by atoms with van der Waals surface area (Å²) in [6, 6.07) is 16.0. The normalized spacial score (nSPS) is 16.1. The van der Waals surface area contributed by atoms with Crippen LogP contribution in [0, 0.1) is 5.82 Å². The molecule has 0 bridgehead atoms. The fraction of sp³-hybridized carbons (Fsp3) is 0.478. The van der Waals surface area contributed by atoms with Gasteiger partial charge in [-0.25, -0.2) is 4.39 Å². The van der Waals surface area contributed by atoms with E-state index in [4.69, 9.17) is 0 Å². The molecule has 0 saturated carbocycles. The van der Waals surface area contributed by atoms with Crippen LogP contribution in [-0.2, 0) is 11.8 Å². The van der Waals surface area contributed by atoms with E-state index in [-0.39, 0.29) is 23.6 Å². The fourth-order valence-corrected chi connectivity index (χ4v) is 4.54. The van der Waals surface area contributed by atoms with Crippen LogP contribution in [0.25, 0.3) is 0 Å². The average Bonchev–Trinajstić information content (AvgIpc) is 2.62. The van der Waals surface area contributed by atoms with Crippen LogP contribution in [-0.4, -0.2) is 29.8 Å². The lowest BCUT2D eigenvalue weighted by Gasteiger charge is -2.31. The predicted molar refractivity (Wildman–Crippen MR) is 118 cm³/mol. The maximum Gasteiger partial charge on any atom is 0.123 e. The highest BCUT2D eigenvalue weighted by Crippen LogP contribution is 2.32.